The lowest BCUT2D eigenvalue weighted by atomic mass is 10.2. The molecule has 4 N–H and O–H groups in total. The van der Waals surface area contributed by atoms with Crippen molar-refractivity contribution in [2.75, 3.05) is 11.5 Å². The molecule has 1 aromatic rings. The number of benzene rings is 1. The van der Waals surface area contributed by atoms with Gasteiger partial charge in [0, 0.05) is 6.07 Å². The van der Waals surface area contributed by atoms with Gasteiger partial charge in [0.1, 0.15) is 5.75 Å². The van der Waals surface area contributed by atoms with Gasteiger partial charge in [-0.1, -0.05) is 0 Å². The first kappa shape index (κ1) is 12.4. The van der Waals surface area contributed by atoms with Crippen molar-refractivity contribution in [3.8, 4) is 5.75 Å². The van der Waals surface area contributed by atoms with Crippen molar-refractivity contribution in [3.63, 3.8) is 0 Å². The summed E-state index contributed by atoms with van der Waals surface area (Å²) in [6, 6.07) is 2.37. The molecule has 0 aliphatic rings. The van der Waals surface area contributed by atoms with E-state index in [1.165, 1.54) is 13.0 Å². The molecular formula is C9H10F4N2O. The smallest absolute Gasteiger partial charge is 0.452 e. The van der Waals surface area contributed by atoms with Crippen LogP contribution in [-0.4, -0.2) is 12.5 Å². The van der Waals surface area contributed by atoms with E-state index in [9.17, 15) is 17.6 Å². The molecule has 0 aliphatic heterocycles. The van der Waals surface area contributed by atoms with Crippen LogP contribution in [0.25, 0.3) is 0 Å². The molecule has 0 amide bonds. The zero-order valence-corrected chi connectivity index (χ0v) is 8.31. The predicted octanol–water partition coefficient (Wildman–Crippen LogP) is 2.40. The van der Waals surface area contributed by atoms with Crippen LogP contribution in [0.15, 0.2) is 12.1 Å². The third-order valence-corrected chi connectivity index (χ3v) is 1.87. The van der Waals surface area contributed by atoms with E-state index in [0.29, 0.717) is 0 Å². The number of alkyl halides is 4. The average molecular weight is 238 g/mol. The zero-order valence-electron chi connectivity index (χ0n) is 8.31. The summed E-state index contributed by atoms with van der Waals surface area (Å²) in [6.45, 7) is 1.44. The minimum atomic E-state index is -5.07. The Bertz CT molecular complexity index is 392. The topological polar surface area (TPSA) is 61.3 Å². The van der Waals surface area contributed by atoms with Crippen LogP contribution in [0.2, 0.25) is 0 Å². The van der Waals surface area contributed by atoms with E-state index in [1.54, 1.807) is 0 Å². The number of hydrogen-bond acceptors (Lipinski definition) is 3. The van der Waals surface area contributed by atoms with Gasteiger partial charge in [0.15, 0.2) is 0 Å². The molecule has 0 aliphatic carbocycles. The number of aryl methyl sites for hydroxylation is 1. The van der Waals surface area contributed by atoms with Crippen LogP contribution in [0, 0.1) is 6.92 Å². The standard InChI is InChI=1S/C9H10F4N2O/c1-4-2-5(14)6(15)3-7(4)16-8(10)9(11,12)13/h2-3,8H,14-15H2,1H3. The van der Waals surface area contributed by atoms with Gasteiger partial charge in [0.2, 0.25) is 0 Å². The van der Waals surface area contributed by atoms with Crippen molar-refractivity contribution in [1.82, 2.24) is 0 Å². The Hall–Kier alpha value is -1.66. The summed E-state index contributed by atoms with van der Waals surface area (Å²) in [5.41, 5.74) is 11.3. The minimum Gasteiger partial charge on any atom is -0.452 e. The third-order valence-electron chi connectivity index (χ3n) is 1.87. The van der Waals surface area contributed by atoms with Crippen LogP contribution in [0.4, 0.5) is 28.9 Å². The fourth-order valence-electron chi connectivity index (χ4n) is 1.03. The van der Waals surface area contributed by atoms with Crippen LogP contribution in [0.3, 0.4) is 0 Å². The van der Waals surface area contributed by atoms with E-state index >= 15 is 0 Å². The molecule has 90 valence electrons. The van der Waals surface area contributed by atoms with Crippen molar-refractivity contribution >= 4 is 11.4 Å². The highest BCUT2D eigenvalue weighted by atomic mass is 19.4. The Kier molecular flexibility index (Phi) is 3.16. The van der Waals surface area contributed by atoms with Crippen molar-refractivity contribution in [2.24, 2.45) is 0 Å². The molecule has 7 heteroatoms. The lowest BCUT2D eigenvalue weighted by molar-refractivity contribution is -0.236. The lowest BCUT2D eigenvalue weighted by Crippen LogP contribution is -2.30. The molecule has 1 aromatic carbocycles. The molecule has 0 fully saturated rings. The van der Waals surface area contributed by atoms with Crippen LogP contribution in [-0.2, 0) is 0 Å². The Balaban J connectivity index is 2.94. The molecule has 0 spiro atoms. The first-order valence-electron chi connectivity index (χ1n) is 4.25. The maximum absolute atomic E-state index is 12.6. The first-order valence-corrected chi connectivity index (χ1v) is 4.25. The van der Waals surface area contributed by atoms with Crippen molar-refractivity contribution in [2.45, 2.75) is 19.5 Å². The molecule has 0 saturated heterocycles. The van der Waals surface area contributed by atoms with Gasteiger partial charge in [-0.2, -0.15) is 17.6 Å². The van der Waals surface area contributed by atoms with Gasteiger partial charge in [-0.3, -0.25) is 0 Å². The largest absolute Gasteiger partial charge is 0.457 e. The SMILES string of the molecule is Cc1cc(N)c(N)cc1OC(F)C(F)(F)F. The monoisotopic (exact) mass is 238 g/mol. The highest BCUT2D eigenvalue weighted by Gasteiger charge is 2.42. The number of nitrogens with two attached hydrogens (primary N) is 2. The van der Waals surface area contributed by atoms with Gasteiger partial charge < -0.3 is 16.2 Å². The number of ether oxygens (including phenoxy) is 1. The van der Waals surface area contributed by atoms with Crippen LogP contribution in [0.1, 0.15) is 5.56 Å². The zero-order chi connectivity index (χ0) is 12.5. The van der Waals surface area contributed by atoms with Crippen molar-refractivity contribution < 1.29 is 22.3 Å². The van der Waals surface area contributed by atoms with E-state index in [4.69, 9.17) is 11.5 Å². The first-order chi connectivity index (χ1) is 7.21. The molecule has 1 atom stereocenters. The number of rotatable bonds is 2. The molecule has 1 rings (SSSR count). The summed E-state index contributed by atoms with van der Waals surface area (Å²) < 4.78 is 52.4. The second kappa shape index (κ2) is 4.07. The van der Waals surface area contributed by atoms with Gasteiger partial charge in [0.25, 0.3) is 0 Å². The molecule has 0 aromatic heterocycles. The maximum atomic E-state index is 12.6. The van der Waals surface area contributed by atoms with Gasteiger partial charge in [-0.25, -0.2) is 0 Å². The van der Waals surface area contributed by atoms with E-state index in [0.717, 1.165) is 6.07 Å². The molecule has 0 radical (unpaired) electrons. The molecule has 1 unspecified atom stereocenters. The Morgan fingerprint density at radius 1 is 1.19 bits per heavy atom. The quantitative estimate of drug-likeness (QED) is 0.614. The normalized spacial score (nSPS) is 13.6. The van der Waals surface area contributed by atoms with Crippen LogP contribution < -0.4 is 16.2 Å². The van der Waals surface area contributed by atoms with Crippen LogP contribution >= 0.6 is 0 Å². The van der Waals surface area contributed by atoms with E-state index < -0.39 is 12.5 Å². The van der Waals surface area contributed by atoms with Crippen molar-refractivity contribution in [3.05, 3.63) is 17.7 Å². The Labute approximate surface area is 89.0 Å². The minimum absolute atomic E-state index is 0.0370. The van der Waals surface area contributed by atoms with Crippen molar-refractivity contribution in [1.29, 1.82) is 0 Å². The Morgan fingerprint density at radius 3 is 2.19 bits per heavy atom. The fourth-order valence-corrected chi connectivity index (χ4v) is 1.03. The van der Waals surface area contributed by atoms with Gasteiger partial charge in [0.05, 0.1) is 11.4 Å². The van der Waals surface area contributed by atoms with E-state index in [2.05, 4.69) is 4.74 Å². The van der Waals surface area contributed by atoms with Gasteiger partial charge in [-0.05, 0) is 18.6 Å². The number of hydrogen-bond donors (Lipinski definition) is 2. The maximum Gasteiger partial charge on any atom is 0.457 e. The summed E-state index contributed by atoms with van der Waals surface area (Å²) in [6.07, 6.45) is -8.45. The molecule has 0 bridgehead atoms. The summed E-state index contributed by atoms with van der Waals surface area (Å²) >= 11 is 0. The Morgan fingerprint density at radius 2 is 1.69 bits per heavy atom. The number of anilines is 2. The summed E-state index contributed by atoms with van der Waals surface area (Å²) in [4.78, 5) is 0. The number of nitrogen functional groups attached to an aromatic ring is 2. The second-order valence-corrected chi connectivity index (χ2v) is 3.22. The molecule has 0 saturated carbocycles. The summed E-state index contributed by atoms with van der Waals surface area (Å²) in [5, 5.41) is 0. The molecule has 16 heavy (non-hydrogen) atoms. The molecule has 0 heterocycles. The predicted molar refractivity (Wildman–Crippen MR) is 51.6 cm³/mol. The highest BCUT2D eigenvalue weighted by molar-refractivity contribution is 5.67. The lowest BCUT2D eigenvalue weighted by Gasteiger charge is -2.16. The average Bonchev–Trinajstić information content (AvgIpc) is 2.12. The highest BCUT2D eigenvalue weighted by Crippen LogP contribution is 2.31. The van der Waals surface area contributed by atoms with E-state index in [1.807, 2.05) is 0 Å². The third kappa shape index (κ3) is 2.68. The van der Waals surface area contributed by atoms with Crippen LogP contribution in [0.5, 0.6) is 5.75 Å². The fraction of sp³-hybridized carbons (Fsp3) is 0.333. The second-order valence-electron chi connectivity index (χ2n) is 3.22. The summed E-state index contributed by atoms with van der Waals surface area (Å²) in [7, 11) is 0. The van der Waals surface area contributed by atoms with Gasteiger partial charge in [-0.15, -0.1) is 0 Å². The van der Waals surface area contributed by atoms with Gasteiger partial charge >= 0.3 is 12.5 Å². The van der Waals surface area contributed by atoms with E-state index in [-0.39, 0.29) is 22.7 Å². The molecular weight excluding hydrogens is 228 g/mol. The number of halogens is 4. The molecule has 3 nitrogen and oxygen atoms in total. The summed E-state index contributed by atoms with van der Waals surface area (Å²) in [5.74, 6) is -0.281.